The van der Waals surface area contributed by atoms with Gasteiger partial charge in [-0.05, 0) is 29.8 Å². The number of rotatable bonds is 3. The van der Waals surface area contributed by atoms with Crippen LogP contribution in [0.2, 0.25) is 10.0 Å². The van der Waals surface area contributed by atoms with Gasteiger partial charge in [0.05, 0.1) is 10.0 Å². The van der Waals surface area contributed by atoms with Crippen LogP contribution in [0.15, 0.2) is 48.5 Å². The number of phenolic OH excluding ortho intramolecular Hbond substituents is 5. The van der Waals surface area contributed by atoms with E-state index in [4.69, 9.17) is 23.2 Å². The van der Waals surface area contributed by atoms with Crippen LogP contribution in [0.25, 0.3) is 0 Å². The number of hydrogen-bond acceptors (Lipinski definition) is 5. The van der Waals surface area contributed by atoms with Crippen molar-refractivity contribution >= 4 is 23.2 Å². The highest BCUT2D eigenvalue weighted by atomic mass is 35.5. The van der Waals surface area contributed by atoms with Gasteiger partial charge in [0, 0.05) is 29.2 Å². The Morgan fingerprint density at radius 2 is 1.12 bits per heavy atom. The van der Waals surface area contributed by atoms with Crippen LogP contribution in [0.4, 0.5) is 0 Å². The van der Waals surface area contributed by atoms with Crippen molar-refractivity contribution in [2.45, 2.75) is 5.92 Å². The quantitative estimate of drug-likeness (QED) is 0.415. The van der Waals surface area contributed by atoms with Crippen LogP contribution < -0.4 is 0 Å². The van der Waals surface area contributed by atoms with E-state index >= 15 is 0 Å². The lowest BCUT2D eigenvalue weighted by molar-refractivity contribution is 0.439. The summed E-state index contributed by atoms with van der Waals surface area (Å²) in [5.74, 6) is -1.90. The van der Waals surface area contributed by atoms with Crippen molar-refractivity contribution < 1.29 is 25.5 Å². The lowest BCUT2D eigenvalue weighted by Gasteiger charge is -2.22. The molecule has 0 fully saturated rings. The van der Waals surface area contributed by atoms with Gasteiger partial charge < -0.3 is 25.5 Å². The van der Waals surface area contributed by atoms with Gasteiger partial charge in [0.2, 0.25) is 0 Å². The molecule has 5 nitrogen and oxygen atoms in total. The Labute approximate surface area is 158 Å². The first kappa shape index (κ1) is 18.0. The zero-order chi connectivity index (χ0) is 19.0. The summed E-state index contributed by atoms with van der Waals surface area (Å²) in [5, 5.41) is 49.9. The molecule has 0 aliphatic rings. The van der Waals surface area contributed by atoms with Crippen LogP contribution in [0.3, 0.4) is 0 Å². The fraction of sp³-hybridized carbons (Fsp3) is 0.0526. The summed E-state index contributed by atoms with van der Waals surface area (Å²) in [6.45, 7) is 0. The first-order chi connectivity index (χ1) is 12.3. The van der Waals surface area contributed by atoms with Crippen molar-refractivity contribution in [3.63, 3.8) is 0 Å². The summed E-state index contributed by atoms with van der Waals surface area (Å²) < 4.78 is 0. The maximum Gasteiger partial charge on any atom is 0.137 e. The van der Waals surface area contributed by atoms with Crippen LogP contribution in [-0.4, -0.2) is 25.5 Å². The molecular weight excluding hydrogens is 379 g/mol. The van der Waals surface area contributed by atoms with Crippen molar-refractivity contribution in [3.05, 3.63) is 75.3 Å². The molecule has 0 spiro atoms. The van der Waals surface area contributed by atoms with Crippen LogP contribution in [0, 0.1) is 0 Å². The predicted molar refractivity (Wildman–Crippen MR) is 98.6 cm³/mol. The van der Waals surface area contributed by atoms with Crippen LogP contribution in [0.5, 0.6) is 28.7 Å². The molecule has 0 atom stereocenters. The molecule has 5 N–H and O–H groups in total. The second kappa shape index (κ2) is 6.86. The molecule has 3 aromatic carbocycles. The Balaban J connectivity index is 2.31. The molecular formula is C19H14Cl2O5. The Bertz CT molecular complexity index is 930. The molecule has 0 aliphatic heterocycles. The molecule has 0 unspecified atom stereocenters. The Morgan fingerprint density at radius 1 is 0.615 bits per heavy atom. The monoisotopic (exact) mass is 392 g/mol. The van der Waals surface area contributed by atoms with Crippen molar-refractivity contribution in [1.29, 1.82) is 0 Å². The van der Waals surface area contributed by atoms with Crippen molar-refractivity contribution in [2.24, 2.45) is 0 Å². The number of benzene rings is 3. The molecule has 134 valence electrons. The highest BCUT2D eigenvalue weighted by Gasteiger charge is 2.25. The summed E-state index contributed by atoms with van der Waals surface area (Å²) in [6, 6.07) is 11.1. The van der Waals surface area contributed by atoms with Gasteiger partial charge in [-0.2, -0.15) is 0 Å². The Morgan fingerprint density at radius 3 is 1.58 bits per heavy atom. The summed E-state index contributed by atoms with van der Waals surface area (Å²) in [5.41, 5.74) is 1.07. The third-order valence-corrected chi connectivity index (χ3v) is 4.62. The minimum absolute atomic E-state index is 0.00678. The fourth-order valence-electron chi connectivity index (χ4n) is 2.83. The third-order valence-electron chi connectivity index (χ3n) is 4.02. The molecule has 0 bridgehead atoms. The van der Waals surface area contributed by atoms with E-state index in [0.717, 1.165) is 12.1 Å². The first-order valence-electron chi connectivity index (χ1n) is 7.49. The fourth-order valence-corrected chi connectivity index (χ4v) is 3.17. The largest absolute Gasteiger partial charge is 0.508 e. The molecule has 0 amide bonds. The standard InChI is InChI=1S/C19H14Cl2O5/c20-13-5-11(15(23)7-17(13)25)19(9-2-1-3-10(22)4-9)12-6-14(21)18(26)8-16(12)24/h1-8,19,22-26H. The molecule has 0 saturated carbocycles. The SMILES string of the molecule is Oc1cccc(C(c2cc(Cl)c(O)cc2O)c2cc(Cl)c(O)cc2O)c1. The second-order valence-electron chi connectivity index (χ2n) is 5.75. The van der Waals surface area contributed by atoms with Gasteiger partial charge in [-0.25, -0.2) is 0 Å². The summed E-state index contributed by atoms with van der Waals surface area (Å²) in [4.78, 5) is 0. The summed E-state index contributed by atoms with van der Waals surface area (Å²) in [6.07, 6.45) is 0. The van der Waals surface area contributed by atoms with E-state index < -0.39 is 5.92 Å². The van der Waals surface area contributed by atoms with E-state index in [-0.39, 0.29) is 49.9 Å². The Hall–Kier alpha value is -2.76. The Kier molecular flexibility index (Phi) is 4.76. The average molecular weight is 393 g/mol. The molecule has 7 heteroatoms. The average Bonchev–Trinajstić information content (AvgIpc) is 2.57. The minimum atomic E-state index is -0.779. The number of aromatic hydroxyl groups is 5. The van der Waals surface area contributed by atoms with Crippen molar-refractivity contribution in [3.8, 4) is 28.7 Å². The lowest BCUT2D eigenvalue weighted by Crippen LogP contribution is -2.04. The smallest absolute Gasteiger partial charge is 0.137 e. The molecule has 0 aliphatic carbocycles. The first-order valence-corrected chi connectivity index (χ1v) is 8.25. The third kappa shape index (κ3) is 3.31. The molecule has 3 aromatic rings. The van der Waals surface area contributed by atoms with Crippen molar-refractivity contribution in [2.75, 3.05) is 0 Å². The van der Waals surface area contributed by atoms with E-state index in [1.165, 1.54) is 24.3 Å². The predicted octanol–water partition coefficient (Wildman–Crippen LogP) is 4.70. The van der Waals surface area contributed by atoms with E-state index in [0.29, 0.717) is 5.56 Å². The highest BCUT2D eigenvalue weighted by molar-refractivity contribution is 6.32. The van der Waals surface area contributed by atoms with Gasteiger partial charge in [-0.15, -0.1) is 0 Å². The lowest BCUT2D eigenvalue weighted by atomic mass is 9.84. The molecule has 0 heterocycles. The van der Waals surface area contributed by atoms with Gasteiger partial charge in [-0.1, -0.05) is 35.3 Å². The van der Waals surface area contributed by atoms with E-state index in [9.17, 15) is 25.5 Å². The molecule has 26 heavy (non-hydrogen) atoms. The van der Waals surface area contributed by atoms with E-state index in [1.54, 1.807) is 12.1 Å². The molecule has 0 saturated heterocycles. The van der Waals surface area contributed by atoms with Gasteiger partial charge in [-0.3, -0.25) is 0 Å². The van der Waals surface area contributed by atoms with Crippen molar-refractivity contribution in [1.82, 2.24) is 0 Å². The maximum atomic E-state index is 10.3. The van der Waals surface area contributed by atoms with Crippen LogP contribution >= 0.6 is 23.2 Å². The van der Waals surface area contributed by atoms with E-state index in [1.807, 2.05) is 0 Å². The normalized spacial score (nSPS) is 11.0. The second-order valence-corrected chi connectivity index (χ2v) is 6.57. The number of halogens is 2. The van der Waals surface area contributed by atoms with Crippen LogP contribution in [0.1, 0.15) is 22.6 Å². The number of phenols is 5. The maximum absolute atomic E-state index is 10.3. The zero-order valence-electron chi connectivity index (χ0n) is 13.2. The van der Waals surface area contributed by atoms with E-state index in [2.05, 4.69) is 0 Å². The zero-order valence-corrected chi connectivity index (χ0v) is 14.7. The number of hydrogen-bond donors (Lipinski definition) is 5. The topological polar surface area (TPSA) is 101 Å². The van der Waals surface area contributed by atoms with Gasteiger partial charge in [0.25, 0.3) is 0 Å². The van der Waals surface area contributed by atoms with Crippen LogP contribution in [-0.2, 0) is 0 Å². The molecule has 0 aromatic heterocycles. The van der Waals surface area contributed by atoms with Gasteiger partial charge in [0.1, 0.15) is 28.7 Å². The van der Waals surface area contributed by atoms with Gasteiger partial charge >= 0.3 is 0 Å². The summed E-state index contributed by atoms with van der Waals surface area (Å²) in [7, 11) is 0. The molecule has 0 radical (unpaired) electrons. The highest BCUT2D eigenvalue weighted by Crippen LogP contribution is 2.46. The summed E-state index contributed by atoms with van der Waals surface area (Å²) >= 11 is 12.0. The molecule has 3 rings (SSSR count). The minimum Gasteiger partial charge on any atom is -0.508 e. The van der Waals surface area contributed by atoms with Gasteiger partial charge in [0.15, 0.2) is 0 Å².